The predicted octanol–water partition coefficient (Wildman–Crippen LogP) is 4.35. The van der Waals surface area contributed by atoms with Gasteiger partial charge in [-0.15, -0.1) is 0 Å². The fourth-order valence-corrected chi connectivity index (χ4v) is 2.45. The fraction of sp³-hybridized carbons (Fsp3) is 0.250. The highest BCUT2D eigenvalue weighted by molar-refractivity contribution is 9.10. The van der Waals surface area contributed by atoms with Crippen LogP contribution < -0.4 is 0 Å². The Morgan fingerprint density at radius 1 is 1.16 bits per heavy atom. The zero-order valence-corrected chi connectivity index (χ0v) is 12.5. The molecule has 2 aromatic rings. The van der Waals surface area contributed by atoms with E-state index in [1.165, 1.54) is 12.1 Å². The van der Waals surface area contributed by atoms with Crippen LogP contribution in [0.25, 0.3) is 0 Å². The molecule has 1 unspecified atom stereocenters. The van der Waals surface area contributed by atoms with Gasteiger partial charge < -0.3 is 5.11 Å². The Bertz CT molecular complexity index is 576. The molecule has 2 aromatic carbocycles. The lowest BCUT2D eigenvalue weighted by Crippen LogP contribution is -2.24. The van der Waals surface area contributed by atoms with Gasteiger partial charge in [-0.05, 0) is 43.2 Å². The highest BCUT2D eigenvalue weighted by atomic mass is 79.9. The van der Waals surface area contributed by atoms with Crippen molar-refractivity contribution >= 4 is 15.9 Å². The molecule has 0 saturated carbocycles. The molecule has 0 aromatic heterocycles. The zero-order chi connectivity index (χ0) is 14.0. The van der Waals surface area contributed by atoms with Crippen molar-refractivity contribution in [3.05, 3.63) is 69.4 Å². The van der Waals surface area contributed by atoms with Gasteiger partial charge in [0.25, 0.3) is 0 Å². The average molecular weight is 323 g/mol. The summed E-state index contributed by atoms with van der Waals surface area (Å²) in [5.74, 6) is -0.294. The van der Waals surface area contributed by atoms with Crippen LogP contribution in [0.4, 0.5) is 4.39 Å². The molecule has 0 radical (unpaired) electrons. The first-order valence-electron chi connectivity index (χ1n) is 6.12. The molecule has 0 saturated heterocycles. The third-order valence-electron chi connectivity index (χ3n) is 3.22. The van der Waals surface area contributed by atoms with Gasteiger partial charge in [0.2, 0.25) is 0 Å². The zero-order valence-electron chi connectivity index (χ0n) is 11.0. The van der Waals surface area contributed by atoms with E-state index in [0.717, 1.165) is 21.2 Å². The van der Waals surface area contributed by atoms with Crippen LogP contribution >= 0.6 is 15.9 Å². The maximum atomic E-state index is 13.3. The van der Waals surface area contributed by atoms with Crippen LogP contribution in [-0.4, -0.2) is 5.11 Å². The van der Waals surface area contributed by atoms with Crippen LogP contribution in [0.3, 0.4) is 0 Å². The smallest absolute Gasteiger partial charge is 0.123 e. The van der Waals surface area contributed by atoms with Crippen molar-refractivity contribution in [2.75, 3.05) is 0 Å². The molecule has 0 aliphatic rings. The van der Waals surface area contributed by atoms with Gasteiger partial charge in [-0.25, -0.2) is 4.39 Å². The van der Waals surface area contributed by atoms with Crippen molar-refractivity contribution in [1.82, 2.24) is 0 Å². The number of rotatable bonds is 3. The lowest BCUT2D eigenvalue weighted by Gasteiger charge is -2.24. The lowest BCUT2D eigenvalue weighted by molar-refractivity contribution is 0.0574. The topological polar surface area (TPSA) is 20.2 Å². The second-order valence-corrected chi connectivity index (χ2v) is 5.91. The molecule has 0 fully saturated rings. The van der Waals surface area contributed by atoms with Crippen LogP contribution in [-0.2, 0) is 12.0 Å². The van der Waals surface area contributed by atoms with E-state index < -0.39 is 5.60 Å². The fourth-order valence-electron chi connectivity index (χ4n) is 2.06. The van der Waals surface area contributed by atoms with Crippen LogP contribution in [0.2, 0.25) is 0 Å². The second kappa shape index (κ2) is 5.43. The third kappa shape index (κ3) is 3.43. The molecular weight excluding hydrogens is 307 g/mol. The predicted molar refractivity (Wildman–Crippen MR) is 78.6 cm³/mol. The van der Waals surface area contributed by atoms with Crippen molar-refractivity contribution in [2.24, 2.45) is 0 Å². The molecule has 1 N–H and O–H groups in total. The van der Waals surface area contributed by atoms with E-state index in [2.05, 4.69) is 15.9 Å². The quantitative estimate of drug-likeness (QED) is 0.890. The summed E-state index contributed by atoms with van der Waals surface area (Å²) in [7, 11) is 0. The van der Waals surface area contributed by atoms with Gasteiger partial charge in [0.1, 0.15) is 5.82 Å². The highest BCUT2D eigenvalue weighted by Gasteiger charge is 2.24. The van der Waals surface area contributed by atoms with Crippen LogP contribution in [0.1, 0.15) is 23.6 Å². The van der Waals surface area contributed by atoms with Gasteiger partial charge in [-0.1, -0.05) is 45.8 Å². The SMILES string of the molecule is Cc1ccc(C(C)(O)Cc2cc(F)ccc2Br)cc1. The molecular formula is C16H16BrFO. The van der Waals surface area contributed by atoms with Crippen molar-refractivity contribution in [1.29, 1.82) is 0 Å². The molecule has 19 heavy (non-hydrogen) atoms. The summed E-state index contributed by atoms with van der Waals surface area (Å²) in [5.41, 5.74) is 1.70. The first-order chi connectivity index (χ1) is 8.88. The number of benzene rings is 2. The molecule has 1 atom stereocenters. The molecule has 0 bridgehead atoms. The maximum absolute atomic E-state index is 13.3. The Balaban J connectivity index is 2.30. The van der Waals surface area contributed by atoms with E-state index >= 15 is 0 Å². The Morgan fingerprint density at radius 2 is 1.79 bits per heavy atom. The maximum Gasteiger partial charge on any atom is 0.123 e. The molecule has 0 heterocycles. The Morgan fingerprint density at radius 3 is 2.42 bits per heavy atom. The van der Waals surface area contributed by atoms with Crippen LogP contribution in [0.5, 0.6) is 0 Å². The second-order valence-electron chi connectivity index (χ2n) is 5.05. The summed E-state index contributed by atoms with van der Waals surface area (Å²) in [6, 6.07) is 12.2. The van der Waals surface area contributed by atoms with E-state index in [1.54, 1.807) is 13.0 Å². The van der Waals surface area contributed by atoms with Crippen molar-refractivity contribution in [3.8, 4) is 0 Å². The number of aliphatic hydroxyl groups is 1. The van der Waals surface area contributed by atoms with Crippen molar-refractivity contribution < 1.29 is 9.50 Å². The summed E-state index contributed by atoms with van der Waals surface area (Å²) in [5, 5.41) is 10.6. The molecule has 0 spiro atoms. The van der Waals surface area contributed by atoms with Gasteiger partial charge in [-0.2, -0.15) is 0 Å². The molecule has 1 nitrogen and oxygen atoms in total. The summed E-state index contributed by atoms with van der Waals surface area (Å²) in [6.07, 6.45) is 0.356. The van der Waals surface area contributed by atoms with Crippen LogP contribution in [0, 0.1) is 12.7 Å². The molecule has 0 aliphatic heterocycles. The molecule has 2 rings (SSSR count). The summed E-state index contributed by atoms with van der Waals surface area (Å²) in [6.45, 7) is 3.75. The van der Waals surface area contributed by atoms with E-state index in [-0.39, 0.29) is 5.82 Å². The summed E-state index contributed by atoms with van der Waals surface area (Å²) >= 11 is 3.39. The molecule has 0 amide bonds. The van der Waals surface area contributed by atoms with Gasteiger partial charge in [0.15, 0.2) is 0 Å². The van der Waals surface area contributed by atoms with E-state index in [0.29, 0.717) is 6.42 Å². The van der Waals surface area contributed by atoms with Gasteiger partial charge >= 0.3 is 0 Å². The largest absolute Gasteiger partial charge is 0.385 e. The Kier molecular flexibility index (Phi) is 4.07. The molecule has 100 valence electrons. The minimum Gasteiger partial charge on any atom is -0.385 e. The average Bonchev–Trinajstić information content (AvgIpc) is 2.34. The molecule has 0 aliphatic carbocycles. The normalized spacial score (nSPS) is 14.2. The van der Waals surface area contributed by atoms with Gasteiger partial charge in [0.05, 0.1) is 5.60 Å². The number of halogens is 2. The Labute approximate surface area is 121 Å². The highest BCUT2D eigenvalue weighted by Crippen LogP contribution is 2.29. The minimum atomic E-state index is -1.02. The minimum absolute atomic E-state index is 0.294. The van der Waals surface area contributed by atoms with Gasteiger partial charge in [-0.3, -0.25) is 0 Å². The Hall–Kier alpha value is -1.19. The van der Waals surface area contributed by atoms with Gasteiger partial charge in [0, 0.05) is 10.9 Å². The standard InChI is InChI=1S/C16H16BrFO/c1-11-3-5-13(6-4-11)16(2,19)10-12-9-14(18)7-8-15(12)17/h3-9,19H,10H2,1-2H3. The van der Waals surface area contributed by atoms with Crippen LogP contribution in [0.15, 0.2) is 46.9 Å². The van der Waals surface area contributed by atoms with E-state index in [1.807, 2.05) is 31.2 Å². The number of hydrogen-bond donors (Lipinski definition) is 1. The first kappa shape index (κ1) is 14.2. The monoisotopic (exact) mass is 322 g/mol. The van der Waals surface area contributed by atoms with E-state index in [4.69, 9.17) is 0 Å². The molecule has 3 heteroatoms. The number of aryl methyl sites for hydroxylation is 1. The lowest BCUT2D eigenvalue weighted by atomic mass is 9.88. The van der Waals surface area contributed by atoms with Crippen molar-refractivity contribution in [3.63, 3.8) is 0 Å². The third-order valence-corrected chi connectivity index (χ3v) is 3.99. The van der Waals surface area contributed by atoms with Crippen molar-refractivity contribution in [2.45, 2.75) is 25.9 Å². The first-order valence-corrected chi connectivity index (χ1v) is 6.91. The summed E-state index contributed by atoms with van der Waals surface area (Å²) < 4.78 is 14.1. The van der Waals surface area contributed by atoms with E-state index in [9.17, 15) is 9.50 Å². The number of hydrogen-bond acceptors (Lipinski definition) is 1. The summed E-state index contributed by atoms with van der Waals surface area (Å²) in [4.78, 5) is 0.